The molecule has 0 aliphatic carbocycles. The predicted octanol–water partition coefficient (Wildman–Crippen LogP) is -8.33. The Morgan fingerprint density at radius 3 is 2.07 bits per heavy atom. The fourth-order valence-corrected chi connectivity index (χ4v) is 1.27. The summed E-state index contributed by atoms with van der Waals surface area (Å²) in [6.45, 7) is -0.861. The molecule has 0 aromatic carbocycles. The Morgan fingerprint density at radius 2 is 1.80 bits per heavy atom. The van der Waals surface area contributed by atoms with Gasteiger partial charge in [-0.05, 0) is 0 Å². The van der Waals surface area contributed by atoms with Crippen LogP contribution in [0.1, 0.15) is 0 Å². The number of rotatable bonds is 5. The zero-order valence-corrected chi connectivity index (χ0v) is 13.4. The number of aliphatic hydroxyl groups is 5. The van der Waals surface area contributed by atoms with E-state index in [4.69, 9.17) is 25.5 Å². The van der Waals surface area contributed by atoms with Gasteiger partial charge in [-0.15, -0.1) is 0 Å². The first-order valence-corrected chi connectivity index (χ1v) is 5.30. The Kier molecular flexibility index (Phi) is 9.23. The third kappa shape index (κ3) is 4.89. The molecule has 2 radical (unpaired) electrons. The molecular formula is C6H10BiNaO7. The van der Waals surface area contributed by atoms with Crippen molar-refractivity contribution in [3.05, 3.63) is 0 Å². The number of aliphatic carboxylic acids is 1. The van der Waals surface area contributed by atoms with Crippen LogP contribution in [-0.4, -0.2) is 84.4 Å². The number of hydrogen-bond acceptors (Lipinski definition) is 7. The summed E-state index contributed by atoms with van der Waals surface area (Å²) in [5.74, 6) is -1.94. The van der Waals surface area contributed by atoms with E-state index in [0.717, 1.165) is 0 Å². The zero-order chi connectivity index (χ0) is 11.5. The SMILES string of the molecule is O=C([O-])[C@@](O)([Bi])[C@@H](O)[C@H](O)[C@H](O)CO.[Na+]. The Labute approximate surface area is 123 Å². The molecule has 7 nitrogen and oxygen atoms in total. The average Bonchev–Trinajstić information content (AvgIpc) is 2.13. The van der Waals surface area contributed by atoms with Gasteiger partial charge in [0.05, 0.1) is 0 Å². The number of carboxylic acid groups (broad SMARTS) is 1. The summed E-state index contributed by atoms with van der Waals surface area (Å²) in [5, 5.41) is 55.0. The molecule has 0 aliphatic heterocycles. The van der Waals surface area contributed by atoms with Crippen LogP contribution in [0.5, 0.6) is 0 Å². The molecule has 0 aromatic rings. The molecule has 0 bridgehead atoms. The minimum atomic E-state index is -2.59. The van der Waals surface area contributed by atoms with Gasteiger partial charge < -0.3 is 0 Å². The molecule has 0 saturated heterocycles. The number of aliphatic hydroxyl groups excluding tert-OH is 4. The Hall–Kier alpha value is 1.15. The second-order valence-corrected chi connectivity index (χ2v) is 5.35. The zero-order valence-electron chi connectivity index (χ0n) is 7.94. The first-order chi connectivity index (χ1) is 6.25. The minimum Gasteiger partial charge on any atom is 1.00 e. The number of carbonyl (C=O) groups excluding carboxylic acids is 1. The smallest absolute Gasteiger partial charge is 1.00 e. The standard InChI is InChI=1S/C6H11O7.Bi.Na/c7-1-2(8)3(9)4(10)5(11)6(12)13;;/h2-4,7-11H,1H2,(H,12,13);;/q;;+1/p-1/t2-,3-,4+;;/m1../s1. The van der Waals surface area contributed by atoms with Gasteiger partial charge in [0.25, 0.3) is 0 Å². The van der Waals surface area contributed by atoms with Crippen molar-refractivity contribution in [3.63, 3.8) is 0 Å². The van der Waals surface area contributed by atoms with E-state index in [-0.39, 0.29) is 54.3 Å². The van der Waals surface area contributed by atoms with Crippen molar-refractivity contribution >= 4 is 30.7 Å². The normalized spacial score (nSPS) is 20.7. The third-order valence-corrected chi connectivity index (χ3v) is 3.36. The summed E-state index contributed by atoms with van der Waals surface area (Å²) in [7, 11) is 0. The Bertz CT molecular complexity index is 212. The summed E-state index contributed by atoms with van der Waals surface area (Å²) >= 11 is -0.175. The van der Waals surface area contributed by atoms with Crippen molar-refractivity contribution in [1.29, 1.82) is 0 Å². The van der Waals surface area contributed by atoms with Crippen LogP contribution in [-0.2, 0) is 4.79 Å². The molecular weight excluding hydrogens is 416 g/mol. The van der Waals surface area contributed by atoms with Crippen LogP contribution in [0.15, 0.2) is 0 Å². The van der Waals surface area contributed by atoms with Gasteiger partial charge in [-0.25, -0.2) is 0 Å². The largest absolute Gasteiger partial charge is 1.00 e. The fourth-order valence-electron chi connectivity index (χ4n) is 0.677. The van der Waals surface area contributed by atoms with E-state index in [1.807, 2.05) is 0 Å². The minimum absolute atomic E-state index is 0. The van der Waals surface area contributed by atoms with E-state index in [0.29, 0.717) is 0 Å². The maximum absolute atomic E-state index is 10.3. The molecule has 4 atom stereocenters. The van der Waals surface area contributed by atoms with E-state index in [1.165, 1.54) is 0 Å². The van der Waals surface area contributed by atoms with E-state index in [2.05, 4.69) is 0 Å². The molecule has 0 spiro atoms. The molecule has 82 valence electrons. The predicted molar refractivity (Wildman–Crippen MR) is 40.8 cm³/mol. The maximum Gasteiger partial charge on any atom is 1.00 e. The second kappa shape index (κ2) is 7.47. The van der Waals surface area contributed by atoms with Gasteiger partial charge in [-0.1, -0.05) is 0 Å². The van der Waals surface area contributed by atoms with Crippen molar-refractivity contribution in [2.45, 2.75) is 21.6 Å². The third-order valence-electron chi connectivity index (χ3n) is 1.62. The molecule has 0 heterocycles. The molecule has 0 saturated carbocycles. The van der Waals surface area contributed by atoms with Crippen molar-refractivity contribution < 1.29 is 65.0 Å². The molecule has 15 heavy (non-hydrogen) atoms. The molecule has 0 aliphatic rings. The monoisotopic (exact) mass is 426 g/mol. The number of carbonyl (C=O) groups is 1. The van der Waals surface area contributed by atoms with Crippen molar-refractivity contribution in [2.75, 3.05) is 6.61 Å². The first kappa shape index (κ1) is 18.5. The molecule has 0 amide bonds. The number of carboxylic acids is 1. The topological polar surface area (TPSA) is 141 Å². The molecule has 9 heteroatoms. The van der Waals surface area contributed by atoms with Crippen molar-refractivity contribution in [1.82, 2.24) is 0 Å². The summed E-state index contributed by atoms with van der Waals surface area (Å²) in [6, 6.07) is 0. The van der Waals surface area contributed by atoms with Crippen LogP contribution in [0.25, 0.3) is 0 Å². The van der Waals surface area contributed by atoms with Crippen LogP contribution < -0.4 is 34.7 Å². The Morgan fingerprint density at radius 1 is 1.40 bits per heavy atom. The Balaban J connectivity index is 0. The van der Waals surface area contributed by atoms with E-state index < -0.39 is 34.2 Å². The average molecular weight is 426 g/mol. The van der Waals surface area contributed by atoms with E-state index >= 15 is 0 Å². The summed E-state index contributed by atoms with van der Waals surface area (Å²) in [6.07, 6.45) is -5.78. The second-order valence-electron chi connectivity index (χ2n) is 2.70. The molecule has 0 fully saturated rings. The fraction of sp³-hybridized carbons (Fsp3) is 0.833. The van der Waals surface area contributed by atoms with Gasteiger partial charge in [-0.3, -0.25) is 0 Å². The van der Waals surface area contributed by atoms with Gasteiger partial charge in [0.1, 0.15) is 0 Å². The summed E-state index contributed by atoms with van der Waals surface area (Å²) < 4.78 is -2.59. The molecule has 0 rings (SSSR count). The van der Waals surface area contributed by atoms with Gasteiger partial charge in [-0.2, -0.15) is 0 Å². The molecule has 0 aromatic heterocycles. The summed E-state index contributed by atoms with van der Waals surface area (Å²) in [4.78, 5) is 10.3. The van der Waals surface area contributed by atoms with E-state index in [9.17, 15) is 9.90 Å². The van der Waals surface area contributed by atoms with Gasteiger partial charge >= 0.3 is 124 Å². The van der Waals surface area contributed by atoms with Crippen molar-refractivity contribution in [3.8, 4) is 0 Å². The van der Waals surface area contributed by atoms with Gasteiger partial charge in [0.2, 0.25) is 0 Å². The maximum atomic E-state index is 10.3. The van der Waals surface area contributed by atoms with Gasteiger partial charge in [0, 0.05) is 0 Å². The summed E-state index contributed by atoms with van der Waals surface area (Å²) in [5.41, 5.74) is 0. The van der Waals surface area contributed by atoms with Crippen LogP contribution >= 0.6 is 0 Å². The van der Waals surface area contributed by atoms with E-state index in [1.54, 1.807) is 0 Å². The first-order valence-electron chi connectivity index (χ1n) is 3.56. The van der Waals surface area contributed by atoms with Crippen molar-refractivity contribution in [2.24, 2.45) is 0 Å². The van der Waals surface area contributed by atoms with Crippen LogP contribution in [0.2, 0.25) is 0 Å². The quantitative estimate of drug-likeness (QED) is 0.275. The number of hydrogen-bond donors (Lipinski definition) is 5. The molecule has 5 N–H and O–H groups in total. The van der Waals surface area contributed by atoms with Crippen LogP contribution in [0.4, 0.5) is 0 Å². The van der Waals surface area contributed by atoms with Gasteiger partial charge in [0.15, 0.2) is 0 Å². The molecule has 0 unspecified atom stereocenters. The van der Waals surface area contributed by atoms with Crippen LogP contribution in [0.3, 0.4) is 0 Å². The van der Waals surface area contributed by atoms with Crippen LogP contribution in [0, 0.1) is 0 Å².